The first-order valence-electron chi connectivity index (χ1n) is 8.53. The highest BCUT2D eigenvalue weighted by Crippen LogP contribution is 2.10. The van der Waals surface area contributed by atoms with Gasteiger partial charge in [-0.2, -0.15) is 0 Å². The molecule has 10 nitrogen and oxygen atoms in total. The number of aromatic nitrogens is 4. The average Bonchev–Trinajstić information content (AvgIpc) is 3.29. The third kappa shape index (κ3) is 4.97. The summed E-state index contributed by atoms with van der Waals surface area (Å²) in [5.74, 6) is -1.12. The SMILES string of the molecule is CCCC(N)N(C(=O)[C@@H](N)Cc1c[nH]cn1)C(=O)[C@@H](N)Cc1c[nH]cn1. The molecule has 142 valence electrons. The lowest BCUT2D eigenvalue weighted by molar-refractivity contribution is -0.149. The summed E-state index contributed by atoms with van der Waals surface area (Å²) in [7, 11) is 0. The zero-order valence-corrected chi connectivity index (χ0v) is 14.8. The lowest BCUT2D eigenvalue weighted by Crippen LogP contribution is -2.59. The Balaban J connectivity index is 2.12. The molecule has 2 aromatic heterocycles. The van der Waals surface area contributed by atoms with Gasteiger partial charge in [-0.05, 0) is 6.42 Å². The third-order valence-corrected chi connectivity index (χ3v) is 3.99. The summed E-state index contributed by atoms with van der Waals surface area (Å²) in [6, 6.07) is -1.88. The Kier molecular flexibility index (Phi) is 7.01. The minimum atomic E-state index is -0.942. The van der Waals surface area contributed by atoms with Crippen LogP contribution in [0.3, 0.4) is 0 Å². The predicted octanol–water partition coefficient (Wildman–Crippen LogP) is -0.987. The van der Waals surface area contributed by atoms with E-state index in [1.807, 2.05) is 6.92 Å². The van der Waals surface area contributed by atoms with Crippen molar-refractivity contribution in [3.05, 3.63) is 36.4 Å². The average molecular weight is 362 g/mol. The van der Waals surface area contributed by atoms with Crippen LogP contribution in [0.1, 0.15) is 31.2 Å². The highest BCUT2D eigenvalue weighted by atomic mass is 16.2. The Morgan fingerprint density at radius 3 is 1.81 bits per heavy atom. The summed E-state index contributed by atoms with van der Waals surface area (Å²) >= 11 is 0. The molecular weight excluding hydrogens is 336 g/mol. The molecule has 3 atom stereocenters. The number of nitrogens with two attached hydrogens (primary N) is 3. The van der Waals surface area contributed by atoms with Gasteiger partial charge in [-0.1, -0.05) is 13.3 Å². The fraction of sp³-hybridized carbons (Fsp3) is 0.500. The Labute approximate surface area is 151 Å². The number of nitrogens with one attached hydrogen (secondary N) is 2. The van der Waals surface area contributed by atoms with Crippen LogP contribution in [0.2, 0.25) is 0 Å². The molecule has 0 fully saturated rings. The number of carbonyl (C=O) groups is 2. The number of rotatable bonds is 9. The number of hydrogen-bond acceptors (Lipinski definition) is 7. The summed E-state index contributed by atoms with van der Waals surface area (Å²) in [6.07, 6.45) is 7.07. The molecule has 0 aromatic carbocycles. The maximum Gasteiger partial charge on any atom is 0.247 e. The topological polar surface area (TPSA) is 173 Å². The molecule has 2 aromatic rings. The van der Waals surface area contributed by atoms with Gasteiger partial charge in [-0.15, -0.1) is 0 Å². The molecule has 10 heteroatoms. The maximum atomic E-state index is 12.8. The van der Waals surface area contributed by atoms with Crippen LogP contribution in [0.15, 0.2) is 25.0 Å². The summed E-state index contributed by atoms with van der Waals surface area (Å²) in [6.45, 7) is 1.92. The normalized spacial score (nSPS) is 14.6. The van der Waals surface area contributed by atoms with Crippen molar-refractivity contribution in [3.63, 3.8) is 0 Å². The van der Waals surface area contributed by atoms with Crippen molar-refractivity contribution >= 4 is 11.8 Å². The van der Waals surface area contributed by atoms with E-state index in [0.29, 0.717) is 24.2 Å². The first kappa shape index (κ1) is 19.8. The van der Waals surface area contributed by atoms with Gasteiger partial charge >= 0.3 is 0 Å². The second kappa shape index (κ2) is 9.22. The molecule has 0 radical (unpaired) electrons. The van der Waals surface area contributed by atoms with Crippen molar-refractivity contribution in [2.24, 2.45) is 17.2 Å². The molecule has 1 unspecified atom stereocenters. The molecule has 26 heavy (non-hydrogen) atoms. The van der Waals surface area contributed by atoms with Gasteiger partial charge in [0.2, 0.25) is 11.8 Å². The van der Waals surface area contributed by atoms with Gasteiger partial charge in [0.25, 0.3) is 0 Å². The van der Waals surface area contributed by atoms with Crippen molar-refractivity contribution in [2.45, 2.75) is 50.9 Å². The summed E-state index contributed by atoms with van der Waals surface area (Å²) < 4.78 is 0. The van der Waals surface area contributed by atoms with Crippen LogP contribution in [0, 0.1) is 0 Å². The smallest absolute Gasteiger partial charge is 0.247 e. The zero-order chi connectivity index (χ0) is 19.1. The van der Waals surface area contributed by atoms with Crippen LogP contribution in [-0.2, 0) is 22.4 Å². The third-order valence-electron chi connectivity index (χ3n) is 3.99. The Bertz CT molecular complexity index is 631. The molecule has 2 rings (SSSR count). The van der Waals surface area contributed by atoms with E-state index in [1.54, 1.807) is 12.4 Å². The molecule has 0 saturated heterocycles. The van der Waals surface area contributed by atoms with Crippen LogP contribution < -0.4 is 17.2 Å². The quantitative estimate of drug-likeness (QED) is 0.356. The van der Waals surface area contributed by atoms with E-state index < -0.39 is 30.1 Å². The molecule has 0 spiro atoms. The second-order valence-corrected chi connectivity index (χ2v) is 6.14. The predicted molar refractivity (Wildman–Crippen MR) is 95.3 cm³/mol. The molecule has 0 aliphatic heterocycles. The molecule has 0 bridgehead atoms. The highest BCUT2D eigenvalue weighted by molar-refractivity contribution is 6.00. The van der Waals surface area contributed by atoms with Crippen LogP contribution in [0.5, 0.6) is 0 Å². The molecule has 0 aliphatic rings. The molecule has 2 amide bonds. The first-order valence-corrected chi connectivity index (χ1v) is 8.53. The standard InChI is InChI=1S/C16H26N8O2/c1-2-3-14(19)24(15(25)12(17)4-10-6-20-8-22-10)16(26)13(18)5-11-7-21-9-23-11/h6-9,12-14H,2-5,17-19H2,1H3,(H,20,22)(H,21,23)/t12-,13-,14?/m0/s1. The van der Waals surface area contributed by atoms with Crippen molar-refractivity contribution in [1.29, 1.82) is 0 Å². The number of imidazole rings is 2. The second-order valence-electron chi connectivity index (χ2n) is 6.14. The van der Waals surface area contributed by atoms with Crippen molar-refractivity contribution in [1.82, 2.24) is 24.8 Å². The minimum Gasteiger partial charge on any atom is -0.351 e. The van der Waals surface area contributed by atoms with Gasteiger partial charge in [0.05, 0.1) is 42.3 Å². The molecule has 0 aliphatic carbocycles. The van der Waals surface area contributed by atoms with E-state index in [1.165, 1.54) is 12.7 Å². The van der Waals surface area contributed by atoms with Crippen molar-refractivity contribution in [2.75, 3.05) is 0 Å². The molecular formula is C16H26N8O2. The van der Waals surface area contributed by atoms with Crippen LogP contribution in [0.4, 0.5) is 0 Å². The van der Waals surface area contributed by atoms with Crippen LogP contribution >= 0.6 is 0 Å². The van der Waals surface area contributed by atoms with Gasteiger partial charge in [0.1, 0.15) is 0 Å². The number of H-pyrrole nitrogens is 2. The maximum absolute atomic E-state index is 12.8. The van der Waals surface area contributed by atoms with E-state index in [4.69, 9.17) is 17.2 Å². The lowest BCUT2D eigenvalue weighted by Gasteiger charge is -2.31. The lowest BCUT2D eigenvalue weighted by atomic mass is 10.1. The van der Waals surface area contributed by atoms with E-state index in [9.17, 15) is 9.59 Å². The zero-order valence-electron chi connectivity index (χ0n) is 14.8. The number of amides is 2. The van der Waals surface area contributed by atoms with Gasteiger partial charge in [0, 0.05) is 25.2 Å². The van der Waals surface area contributed by atoms with Gasteiger partial charge in [-0.3, -0.25) is 14.5 Å². The fourth-order valence-electron chi connectivity index (χ4n) is 2.65. The number of carbonyl (C=O) groups excluding carboxylic acids is 2. The van der Waals surface area contributed by atoms with Crippen LogP contribution in [0.25, 0.3) is 0 Å². The molecule has 8 N–H and O–H groups in total. The number of nitrogens with zero attached hydrogens (tertiary/aromatic N) is 3. The fourth-order valence-corrected chi connectivity index (χ4v) is 2.65. The Morgan fingerprint density at radius 1 is 1.00 bits per heavy atom. The molecule has 2 heterocycles. The summed E-state index contributed by atoms with van der Waals surface area (Å²) in [4.78, 5) is 40.3. The van der Waals surface area contributed by atoms with E-state index >= 15 is 0 Å². The van der Waals surface area contributed by atoms with Crippen LogP contribution in [-0.4, -0.2) is 54.9 Å². The van der Waals surface area contributed by atoms with Crippen molar-refractivity contribution in [3.8, 4) is 0 Å². The van der Waals surface area contributed by atoms with Gasteiger partial charge < -0.3 is 27.2 Å². The highest BCUT2D eigenvalue weighted by Gasteiger charge is 2.34. The monoisotopic (exact) mass is 362 g/mol. The number of imide groups is 1. The van der Waals surface area contributed by atoms with Gasteiger partial charge in [0.15, 0.2) is 0 Å². The summed E-state index contributed by atoms with van der Waals surface area (Å²) in [5, 5.41) is 0. The van der Waals surface area contributed by atoms with E-state index in [-0.39, 0.29) is 12.8 Å². The summed E-state index contributed by atoms with van der Waals surface area (Å²) in [5.41, 5.74) is 19.4. The van der Waals surface area contributed by atoms with E-state index in [0.717, 1.165) is 4.90 Å². The largest absolute Gasteiger partial charge is 0.351 e. The molecule has 0 saturated carbocycles. The number of aromatic amines is 2. The van der Waals surface area contributed by atoms with Crippen molar-refractivity contribution < 1.29 is 9.59 Å². The minimum absolute atomic E-state index is 0.194. The Morgan fingerprint density at radius 2 is 1.46 bits per heavy atom. The first-order chi connectivity index (χ1) is 12.4. The van der Waals surface area contributed by atoms with Gasteiger partial charge in [-0.25, -0.2) is 9.97 Å². The Hall–Kier alpha value is -2.56. The number of hydrogen-bond donors (Lipinski definition) is 5. The van der Waals surface area contributed by atoms with E-state index in [2.05, 4.69) is 19.9 Å².